The number of rotatable bonds is 9. The minimum Gasteiger partial charge on any atom is -0.299 e. The van der Waals surface area contributed by atoms with Crippen LogP contribution in [0.5, 0.6) is 0 Å². The summed E-state index contributed by atoms with van der Waals surface area (Å²) in [5.74, 6) is 0. The SMILES string of the molecule is CCCC1c2ccccc2CCN1Cc1c(CN2CCCC2)cc(-c2c(CC)cccc2CC)nc1C. The van der Waals surface area contributed by atoms with E-state index in [0.29, 0.717) is 6.04 Å². The van der Waals surface area contributed by atoms with Crippen LogP contribution in [0.3, 0.4) is 0 Å². The number of benzene rings is 2. The number of nitrogens with zero attached hydrogens (tertiary/aromatic N) is 3. The summed E-state index contributed by atoms with van der Waals surface area (Å²) >= 11 is 0. The molecule has 2 aliphatic heterocycles. The van der Waals surface area contributed by atoms with E-state index in [-0.39, 0.29) is 0 Å². The second-order valence-corrected chi connectivity index (χ2v) is 11.1. The Hall–Kier alpha value is -2.49. The molecule has 196 valence electrons. The van der Waals surface area contributed by atoms with Gasteiger partial charge in [-0.3, -0.25) is 14.8 Å². The molecule has 2 aliphatic rings. The first kappa shape index (κ1) is 26.1. The molecule has 0 radical (unpaired) electrons. The van der Waals surface area contributed by atoms with Crippen molar-refractivity contribution in [2.45, 2.75) is 91.8 Å². The molecule has 1 aromatic heterocycles. The summed E-state index contributed by atoms with van der Waals surface area (Å²) in [6.07, 6.45) is 8.30. The van der Waals surface area contributed by atoms with E-state index >= 15 is 0 Å². The minimum absolute atomic E-state index is 0.501. The van der Waals surface area contributed by atoms with E-state index in [1.165, 1.54) is 78.0 Å². The molecule has 0 amide bonds. The predicted molar refractivity (Wildman–Crippen MR) is 156 cm³/mol. The largest absolute Gasteiger partial charge is 0.299 e. The van der Waals surface area contributed by atoms with Crippen molar-refractivity contribution in [2.75, 3.05) is 19.6 Å². The third-order valence-corrected chi connectivity index (χ3v) is 8.72. The number of hydrogen-bond acceptors (Lipinski definition) is 3. The molecule has 0 spiro atoms. The second kappa shape index (κ2) is 11.9. The highest BCUT2D eigenvalue weighted by Gasteiger charge is 2.28. The van der Waals surface area contributed by atoms with E-state index in [0.717, 1.165) is 38.9 Å². The third-order valence-electron chi connectivity index (χ3n) is 8.72. The van der Waals surface area contributed by atoms with Crippen molar-refractivity contribution in [1.29, 1.82) is 0 Å². The van der Waals surface area contributed by atoms with Crippen LogP contribution in [0.15, 0.2) is 48.5 Å². The Bertz CT molecular complexity index is 1190. The highest BCUT2D eigenvalue weighted by Crippen LogP contribution is 2.36. The van der Waals surface area contributed by atoms with Gasteiger partial charge < -0.3 is 0 Å². The highest BCUT2D eigenvalue weighted by atomic mass is 15.2. The minimum atomic E-state index is 0.501. The van der Waals surface area contributed by atoms with Gasteiger partial charge in [0.15, 0.2) is 0 Å². The Morgan fingerprint density at radius 3 is 2.27 bits per heavy atom. The molecule has 5 rings (SSSR count). The molecule has 37 heavy (non-hydrogen) atoms. The van der Waals surface area contributed by atoms with Gasteiger partial charge in [-0.25, -0.2) is 0 Å². The molecule has 0 aliphatic carbocycles. The topological polar surface area (TPSA) is 19.4 Å². The maximum atomic E-state index is 5.33. The number of hydrogen-bond donors (Lipinski definition) is 0. The molecule has 0 bridgehead atoms. The Labute approximate surface area is 224 Å². The number of aryl methyl sites for hydroxylation is 3. The Morgan fingerprint density at radius 1 is 0.838 bits per heavy atom. The maximum absolute atomic E-state index is 5.33. The average molecular weight is 496 g/mol. The fourth-order valence-electron chi connectivity index (χ4n) is 6.71. The molecule has 3 aromatic rings. The zero-order valence-corrected chi connectivity index (χ0v) is 23.5. The fraction of sp³-hybridized carbons (Fsp3) is 0.500. The van der Waals surface area contributed by atoms with E-state index in [1.807, 2.05) is 0 Å². The molecular formula is C34H45N3. The van der Waals surface area contributed by atoms with Gasteiger partial charge in [0.25, 0.3) is 0 Å². The van der Waals surface area contributed by atoms with Crippen LogP contribution in [-0.4, -0.2) is 34.4 Å². The quantitative estimate of drug-likeness (QED) is 0.303. The van der Waals surface area contributed by atoms with Crippen molar-refractivity contribution in [2.24, 2.45) is 0 Å². The van der Waals surface area contributed by atoms with Gasteiger partial charge >= 0.3 is 0 Å². The van der Waals surface area contributed by atoms with Crippen LogP contribution in [-0.2, 0) is 32.4 Å². The van der Waals surface area contributed by atoms with Crippen LogP contribution in [0.1, 0.15) is 91.6 Å². The van der Waals surface area contributed by atoms with Gasteiger partial charge in [-0.2, -0.15) is 0 Å². The monoisotopic (exact) mass is 495 g/mol. The molecule has 1 fully saturated rings. The molecule has 3 heteroatoms. The van der Waals surface area contributed by atoms with E-state index in [4.69, 9.17) is 4.98 Å². The summed E-state index contributed by atoms with van der Waals surface area (Å²) in [5.41, 5.74) is 12.7. The van der Waals surface area contributed by atoms with Gasteiger partial charge in [-0.15, -0.1) is 0 Å². The van der Waals surface area contributed by atoms with Gasteiger partial charge in [0.05, 0.1) is 5.69 Å². The summed E-state index contributed by atoms with van der Waals surface area (Å²) in [5, 5.41) is 0. The van der Waals surface area contributed by atoms with Gasteiger partial charge in [-0.1, -0.05) is 69.7 Å². The molecule has 3 nitrogen and oxygen atoms in total. The van der Waals surface area contributed by atoms with Crippen molar-refractivity contribution in [3.63, 3.8) is 0 Å². The predicted octanol–water partition coefficient (Wildman–Crippen LogP) is 7.68. The van der Waals surface area contributed by atoms with Crippen LogP contribution in [0.2, 0.25) is 0 Å². The van der Waals surface area contributed by atoms with Gasteiger partial charge in [-0.05, 0) is 98.0 Å². The molecule has 2 aromatic carbocycles. The molecule has 1 atom stereocenters. The number of pyridine rings is 1. The molecule has 0 saturated carbocycles. The van der Waals surface area contributed by atoms with Crippen LogP contribution in [0.25, 0.3) is 11.3 Å². The van der Waals surface area contributed by atoms with Crippen molar-refractivity contribution in [1.82, 2.24) is 14.8 Å². The van der Waals surface area contributed by atoms with Crippen LogP contribution in [0, 0.1) is 6.92 Å². The zero-order chi connectivity index (χ0) is 25.8. The molecule has 0 N–H and O–H groups in total. The average Bonchev–Trinajstić information content (AvgIpc) is 3.44. The Morgan fingerprint density at radius 2 is 1.57 bits per heavy atom. The Balaban J connectivity index is 1.55. The van der Waals surface area contributed by atoms with Crippen molar-refractivity contribution < 1.29 is 0 Å². The summed E-state index contributed by atoms with van der Waals surface area (Å²) in [7, 11) is 0. The first-order chi connectivity index (χ1) is 18.1. The smallest absolute Gasteiger partial charge is 0.0714 e. The molecule has 1 unspecified atom stereocenters. The maximum Gasteiger partial charge on any atom is 0.0714 e. The van der Waals surface area contributed by atoms with Gasteiger partial charge in [0.1, 0.15) is 0 Å². The number of fused-ring (bicyclic) bond motifs is 1. The van der Waals surface area contributed by atoms with Crippen molar-refractivity contribution >= 4 is 0 Å². The first-order valence-electron chi connectivity index (χ1n) is 14.8. The standard InChI is InChI=1S/C34H45N3/c1-5-13-33-30-17-9-8-14-28(30)18-21-37(33)24-31-25(4)35-32(22-29(31)23-36-19-10-11-20-36)34-26(6-2)15-12-16-27(34)7-3/h8-9,12,14-17,22,33H,5-7,10-11,13,18-21,23-24H2,1-4H3. The lowest BCUT2D eigenvalue weighted by molar-refractivity contribution is 0.164. The molecule has 3 heterocycles. The summed E-state index contributed by atoms with van der Waals surface area (Å²) < 4.78 is 0. The van der Waals surface area contributed by atoms with E-state index in [2.05, 4.69) is 86.0 Å². The van der Waals surface area contributed by atoms with Crippen LogP contribution >= 0.6 is 0 Å². The number of likely N-dealkylation sites (tertiary alicyclic amines) is 1. The number of aromatic nitrogens is 1. The van der Waals surface area contributed by atoms with E-state index < -0.39 is 0 Å². The van der Waals surface area contributed by atoms with E-state index in [1.54, 1.807) is 11.1 Å². The van der Waals surface area contributed by atoms with Crippen molar-refractivity contribution in [3.8, 4) is 11.3 Å². The highest BCUT2D eigenvalue weighted by molar-refractivity contribution is 5.69. The zero-order valence-electron chi connectivity index (χ0n) is 23.5. The normalized spacial score (nSPS) is 18.3. The lowest BCUT2D eigenvalue weighted by atomic mass is 9.89. The lowest BCUT2D eigenvalue weighted by Gasteiger charge is -2.38. The van der Waals surface area contributed by atoms with E-state index in [9.17, 15) is 0 Å². The lowest BCUT2D eigenvalue weighted by Crippen LogP contribution is -2.35. The van der Waals surface area contributed by atoms with Crippen LogP contribution < -0.4 is 0 Å². The first-order valence-corrected chi connectivity index (χ1v) is 14.8. The van der Waals surface area contributed by atoms with Gasteiger partial charge in [0.2, 0.25) is 0 Å². The van der Waals surface area contributed by atoms with Gasteiger partial charge in [0, 0.05) is 36.9 Å². The molecule has 1 saturated heterocycles. The molecular weight excluding hydrogens is 450 g/mol. The Kier molecular flexibility index (Phi) is 8.42. The summed E-state index contributed by atoms with van der Waals surface area (Å²) in [6.45, 7) is 14.7. The van der Waals surface area contributed by atoms with Crippen molar-refractivity contribution in [3.05, 3.63) is 87.6 Å². The summed E-state index contributed by atoms with van der Waals surface area (Å²) in [6, 6.07) is 18.9. The second-order valence-electron chi connectivity index (χ2n) is 11.1. The fourth-order valence-corrected chi connectivity index (χ4v) is 6.71. The van der Waals surface area contributed by atoms with Crippen LogP contribution in [0.4, 0.5) is 0 Å². The summed E-state index contributed by atoms with van der Waals surface area (Å²) in [4.78, 5) is 10.7. The third kappa shape index (κ3) is 5.54.